The summed E-state index contributed by atoms with van der Waals surface area (Å²) in [7, 11) is 0. The number of hydrogen-bond donors (Lipinski definition) is 3. The molecule has 1 aromatic carbocycles. The van der Waals surface area contributed by atoms with Gasteiger partial charge in [-0.05, 0) is 43.9 Å². The number of nitrogens with one attached hydrogen (secondary N) is 2. The molecular weight excluding hydrogens is 308 g/mol. The fourth-order valence-corrected chi connectivity index (χ4v) is 2.37. The third kappa shape index (κ3) is 4.57. The number of carbonyl (C=O) groups is 3. The molecule has 1 saturated carbocycles. The molecule has 2 amide bonds. The van der Waals surface area contributed by atoms with E-state index in [1.807, 2.05) is 13.8 Å². The first-order valence-corrected chi connectivity index (χ1v) is 8.16. The van der Waals surface area contributed by atoms with Crippen LogP contribution in [0.1, 0.15) is 50.4 Å². The average Bonchev–Trinajstić information content (AvgIpc) is 3.31. The van der Waals surface area contributed by atoms with Crippen LogP contribution in [0.3, 0.4) is 0 Å². The molecule has 0 saturated heterocycles. The fraction of sp³-hybridized carbons (Fsp3) is 0.500. The van der Waals surface area contributed by atoms with Crippen LogP contribution in [-0.4, -0.2) is 28.4 Å². The van der Waals surface area contributed by atoms with E-state index < -0.39 is 11.5 Å². The number of rotatable bonds is 7. The third-order valence-electron chi connectivity index (χ3n) is 4.53. The predicted octanol–water partition coefficient (Wildman–Crippen LogP) is 2.65. The molecule has 130 valence electrons. The molecule has 2 rings (SSSR count). The normalized spacial score (nSPS) is 16.3. The zero-order valence-corrected chi connectivity index (χ0v) is 14.3. The van der Waals surface area contributed by atoms with Gasteiger partial charge in [0, 0.05) is 17.2 Å². The number of carboxylic acids is 1. The fourth-order valence-electron chi connectivity index (χ4n) is 2.37. The molecule has 0 aliphatic heterocycles. The number of hydrogen-bond acceptors (Lipinski definition) is 3. The largest absolute Gasteiger partial charge is 0.481 e. The molecule has 0 aromatic heterocycles. The highest BCUT2D eigenvalue weighted by atomic mass is 16.4. The summed E-state index contributed by atoms with van der Waals surface area (Å²) in [5.74, 6) is -1.30. The minimum Gasteiger partial charge on any atom is -0.481 e. The summed E-state index contributed by atoms with van der Waals surface area (Å²) in [6, 6.07) is 6.68. The molecule has 24 heavy (non-hydrogen) atoms. The maximum atomic E-state index is 12.5. The Hall–Kier alpha value is -2.37. The maximum Gasteiger partial charge on any atom is 0.305 e. The summed E-state index contributed by atoms with van der Waals surface area (Å²) < 4.78 is 0. The van der Waals surface area contributed by atoms with Crippen molar-refractivity contribution in [2.45, 2.75) is 45.6 Å². The van der Waals surface area contributed by atoms with Crippen molar-refractivity contribution in [2.24, 2.45) is 11.8 Å². The number of aliphatic carboxylic acids is 1. The van der Waals surface area contributed by atoms with Crippen molar-refractivity contribution in [1.82, 2.24) is 5.32 Å². The number of benzene rings is 1. The van der Waals surface area contributed by atoms with E-state index in [-0.39, 0.29) is 30.1 Å². The van der Waals surface area contributed by atoms with Gasteiger partial charge in [-0.3, -0.25) is 14.4 Å². The van der Waals surface area contributed by atoms with Crippen LogP contribution in [-0.2, 0) is 9.59 Å². The van der Waals surface area contributed by atoms with Gasteiger partial charge in [-0.15, -0.1) is 0 Å². The second kappa shape index (κ2) is 7.03. The topological polar surface area (TPSA) is 95.5 Å². The molecule has 1 aliphatic rings. The minimum absolute atomic E-state index is 0.0227. The van der Waals surface area contributed by atoms with Crippen LogP contribution in [0, 0.1) is 11.8 Å². The number of carboxylic acid groups (broad SMARTS) is 1. The second-order valence-electron chi connectivity index (χ2n) is 6.94. The van der Waals surface area contributed by atoms with Gasteiger partial charge in [0.05, 0.1) is 12.0 Å². The Kier molecular flexibility index (Phi) is 5.26. The smallest absolute Gasteiger partial charge is 0.305 e. The molecule has 0 radical (unpaired) electrons. The zero-order chi connectivity index (χ0) is 17.9. The van der Waals surface area contributed by atoms with Crippen LogP contribution in [0.25, 0.3) is 0 Å². The summed E-state index contributed by atoms with van der Waals surface area (Å²) in [6.07, 6.45) is 1.66. The predicted molar refractivity (Wildman–Crippen MR) is 90.8 cm³/mol. The Morgan fingerprint density at radius 1 is 1.29 bits per heavy atom. The van der Waals surface area contributed by atoms with Gasteiger partial charge < -0.3 is 15.7 Å². The molecule has 1 fully saturated rings. The van der Waals surface area contributed by atoms with Gasteiger partial charge in [-0.1, -0.05) is 19.9 Å². The lowest BCUT2D eigenvalue weighted by atomic mass is 9.85. The summed E-state index contributed by atoms with van der Waals surface area (Å²) in [4.78, 5) is 35.4. The second-order valence-corrected chi connectivity index (χ2v) is 6.94. The van der Waals surface area contributed by atoms with Crippen molar-refractivity contribution in [3.8, 4) is 0 Å². The van der Waals surface area contributed by atoms with Crippen LogP contribution in [0.2, 0.25) is 0 Å². The maximum absolute atomic E-state index is 12.5. The lowest BCUT2D eigenvalue weighted by molar-refractivity contribution is -0.139. The van der Waals surface area contributed by atoms with Gasteiger partial charge in [0.1, 0.15) is 0 Å². The van der Waals surface area contributed by atoms with E-state index in [1.165, 1.54) is 0 Å². The van der Waals surface area contributed by atoms with Gasteiger partial charge >= 0.3 is 5.97 Å². The van der Waals surface area contributed by atoms with Crippen LogP contribution < -0.4 is 10.6 Å². The van der Waals surface area contributed by atoms with Gasteiger partial charge in [0.15, 0.2) is 0 Å². The lowest BCUT2D eigenvalue weighted by Crippen LogP contribution is -2.51. The lowest BCUT2D eigenvalue weighted by Gasteiger charge is -2.33. The molecule has 3 N–H and O–H groups in total. The molecule has 1 aromatic rings. The first-order valence-electron chi connectivity index (χ1n) is 8.16. The number of carbonyl (C=O) groups excluding carboxylic acids is 2. The molecule has 0 spiro atoms. The van der Waals surface area contributed by atoms with E-state index in [9.17, 15) is 14.4 Å². The highest BCUT2D eigenvalue weighted by molar-refractivity contribution is 5.98. The molecular formula is C18H24N2O4. The Balaban J connectivity index is 2.10. The van der Waals surface area contributed by atoms with Gasteiger partial charge in [-0.25, -0.2) is 0 Å². The molecule has 1 aliphatic carbocycles. The summed E-state index contributed by atoms with van der Waals surface area (Å²) in [5.41, 5.74) is 0.112. The Labute approximate surface area is 141 Å². The van der Waals surface area contributed by atoms with Crippen molar-refractivity contribution >= 4 is 23.5 Å². The first kappa shape index (κ1) is 18.0. The van der Waals surface area contributed by atoms with E-state index >= 15 is 0 Å². The van der Waals surface area contributed by atoms with E-state index in [4.69, 9.17) is 5.11 Å². The molecule has 6 nitrogen and oxygen atoms in total. The van der Waals surface area contributed by atoms with E-state index in [2.05, 4.69) is 10.6 Å². The van der Waals surface area contributed by atoms with E-state index in [0.29, 0.717) is 11.3 Å². The average molecular weight is 332 g/mol. The summed E-state index contributed by atoms with van der Waals surface area (Å²) in [5, 5.41) is 14.7. The monoisotopic (exact) mass is 332 g/mol. The number of amides is 2. The van der Waals surface area contributed by atoms with Crippen molar-refractivity contribution in [2.75, 3.05) is 5.32 Å². The summed E-state index contributed by atoms with van der Waals surface area (Å²) in [6.45, 7) is 5.47. The first-order chi connectivity index (χ1) is 11.2. The zero-order valence-electron chi connectivity index (χ0n) is 14.3. The van der Waals surface area contributed by atoms with Gasteiger partial charge in [-0.2, -0.15) is 0 Å². The van der Waals surface area contributed by atoms with E-state index in [0.717, 1.165) is 12.8 Å². The highest BCUT2D eigenvalue weighted by Crippen LogP contribution is 2.30. The van der Waals surface area contributed by atoms with Crippen molar-refractivity contribution in [3.05, 3.63) is 29.8 Å². The van der Waals surface area contributed by atoms with Crippen LogP contribution >= 0.6 is 0 Å². The van der Waals surface area contributed by atoms with Crippen LogP contribution in [0.15, 0.2) is 24.3 Å². The van der Waals surface area contributed by atoms with Gasteiger partial charge in [0.2, 0.25) is 5.91 Å². The summed E-state index contributed by atoms with van der Waals surface area (Å²) >= 11 is 0. The Bertz CT molecular complexity index is 652. The van der Waals surface area contributed by atoms with E-state index in [1.54, 1.807) is 31.2 Å². The molecule has 0 bridgehead atoms. The standard InChI is InChI=1S/C18H24N2O4/c1-11(2)18(3,10-15(21)22)20-17(24)13-5-4-6-14(9-13)19-16(23)12-7-8-12/h4-6,9,11-12H,7-8,10H2,1-3H3,(H,19,23)(H,20,24)(H,21,22). The molecule has 0 heterocycles. The molecule has 6 heteroatoms. The minimum atomic E-state index is -0.961. The quantitative estimate of drug-likeness (QED) is 0.715. The Morgan fingerprint density at radius 3 is 2.50 bits per heavy atom. The van der Waals surface area contributed by atoms with Crippen LogP contribution in [0.5, 0.6) is 0 Å². The third-order valence-corrected chi connectivity index (χ3v) is 4.53. The molecule has 1 unspecified atom stereocenters. The highest BCUT2D eigenvalue weighted by Gasteiger charge is 2.33. The van der Waals surface area contributed by atoms with Crippen molar-refractivity contribution in [3.63, 3.8) is 0 Å². The van der Waals surface area contributed by atoms with Crippen LogP contribution in [0.4, 0.5) is 5.69 Å². The molecule has 1 atom stereocenters. The number of anilines is 1. The Morgan fingerprint density at radius 2 is 1.96 bits per heavy atom. The van der Waals surface area contributed by atoms with Crippen molar-refractivity contribution in [1.29, 1.82) is 0 Å². The van der Waals surface area contributed by atoms with Crippen molar-refractivity contribution < 1.29 is 19.5 Å². The SMILES string of the molecule is CC(C)C(C)(CC(=O)O)NC(=O)c1cccc(NC(=O)C2CC2)c1. The van der Waals surface area contributed by atoms with Gasteiger partial charge in [0.25, 0.3) is 5.91 Å².